The van der Waals surface area contributed by atoms with Gasteiger partial charge in [0.2, 0.25) is 0 Å². The zero-order valence-electron chi connectivity index (χ0n) is 13.1. The Morgan fingerprint density at radius 2 is 1.62 bits per heavy atom. The van der Waals surface area contributed by atoms with Gasteiger partial charge in [0.15, 0.2) is 0 Å². The molecule has 0 radical (unpaired) electrons. The molecule has 6 nitrogen and oxygen atoms in total. The molecule has 0 amide bonds. The molecule has 0 aliphatic carbocycles. The molecule has 0 fully saturated rings. The number of hydrogen-bond acceptors (Lipinski definition) is 5. The number of ether oxygens (including phenoxy) is 2. The highest BCUT2D eigenvalue weighted by Crippen LogP contribution is 2.26. The SMILES string of the molecule is COC(=O)CN(c1ccc(Cl)cc1)S(=O)(=O)c1ccc(OC)cc1. The van der Waals surface area contributed by atoms with E-state index in [1.165, 1.54) is 50.6 Å². The Hall–Kier alpha value is -2.25. The highest BCUT2D eigenvalue weighted by Gasteiger charge is 2.27. The normalized spacial score (nSPS) is 11.0. The van der Waals surface area contributed by atoms with Crippen LogP contribution < -0.4 is 9.04 Å². The number of nitrogens with zero attached hydrogens (tertiary/aromatic N) is 1. The second-order valence-corrected chi connectivity index (χ2v) is 7.04. The molecule has 2 aromatic carbocycles. The van der Waals surface area contributed by atoms with Gasteiger partial charge in [0.1, 0.15) is 12.3 Å². The summed E-state index contributed by atoms with van der Waals surface area (Å²) in [5.74, 6) is -0.151. The van der Waals surface area contributed by atoms with E-state index in [1.54, 1.807) is 12.1 Å². The van der Waals surface area contributed by atoms with Gasteiger partial charge in [-0.15, -0.1) is 0 Å². The Morgan fingerprint density at radius 1 is 1.04 bits per heavy atom. The summed E-state index contributed by atoms with van der Waals surface area (Å²) in [5.41, 5.74) is 0.306. The quantitative estimate of drug-likeness (QED) is 0.732. The first-order chi connectivity index (χ1) is 11.4. The minimum absolute atomic E-state index is 0.0298. The van der Waals surface area contributed by atoms with Crippen LogP contribution in [0.3, 0.4) is 0 Å². The predicted octanol–water partition coefficient (Wildman–Crippen LogP) is 2.72. The van der Waals surface area contributed by atoms with Crippen molar-refractivity contribution in [2.45, 2.75) is 4.90 Å². The zero-order chi connectivity index (χ0) is 17.7. The molecule has 0 bridgehead atoms. The molecular formula is C16H16ClNO5S. The van der Waals surface area contributed by atoms with E-state index in [0.29, 0.717) is 16.5 Å². The van der Waals surface area contributed by atoms with E-state index in [-0.39, 0.29) is 4.90 Å². The van der Waals surface area contributed by atoms with Gasteiger partial charge in [0.25, 0.3) is 10.0 Å². The predicted molar refractivity (Wildman–Crippen MR) is 91.0 cm³/mol. The number of rotatable bonds is 6. The summed E-state index contributed by atoms with van der Waals surface area (Å²) < 4.78 is 36.4. The van der Waals surface area contributed by atoms with Crippen LogP contribution in [-0.2, 0) is 19.6 Å². The van der Waals surface area contributed by atoms with Gasteiger partial charge in [-0.1, -0.05) is 11.6 Å². The van der Waals surface area contributed by atoms with Crippen molar-refractivity contribution in [3.05, 3.63) is 53.6 Å². The number of methoxy groups -OCH3 is 2. The van der Waals surface area contributed by atoms with Crippen LogP contribution in [0.1, 0.15) is 0 Å². The number of sulfonamides is 1. The fraction of sp³-hybridized carbons (Fsp3) is 0.188. The first-order valence-corrected chi connectivity index (χ1v) is 8.69. The van der Waals surface area contributed by atoms with Crippen LogP contribution in [0.5, 0.6) is 5.75 Å². The molecule has 0 N–H and O–H groups in total. The van der Waals surface area contributed by atoms with E-state index in [1.807, 2.05) is 0 Å². The number of esters is 1. The Kier molecular flexibility index (Phi) is 5.69. The van der Waals surface area contributed by atoms with E-state index in [0.717, 1.165) is 4.31 Å². The molecule has 8 heteroatoms. The van der Waals surface area contributed by atoms with Gasteiger partial charge < -0.3 is 9.47 Å². The second-order valence-electron chi connectivity index (χ2n) is 4.74. The number of halogens is 1. The van der Waals surface area contributed by atoms with Gasteiger partial charge in [-0.2, -0.15) is 0 Å². The maximum atomic E-state index is 12.9. The third-order valence-electron chi connectivity index (χ3n) is 3.26. The van der Waals surface area contributed by atoms with E-state index >= 15 is 0 Å². The molecule has 128 valence electrons. The molecule has 0 saturated carbocycles. The highest BCUT2D eigenvalue weighted by atomic mass is 35.5. The number of carbonyl (C=O) groups is 1. The molecular weight excluding hydrogens is 354 g/mol. The number of benzene rings is 2. The molecule has 0 saturated heterocycles. The molecule has 2 rings (SSSR count). The number of anilines is 1. The lowest BCUT2D eigenvalue weighted by Gasteiger charge is -2.23. The zero-order valence-corrected chi connectivity index (χ0v) is 14.7. The molecule has 0 atom stereocenters. The van der Waals surface area contributed by atoms with Crippen molar-refractivity contribution in [1.29, 1.82) is 0 Å². The maximum absolute atomic E-state index is 12.9. The summed E-state index contributed by atoms with van der Waals surface area (Å²) in [7, 11) is -1.28. The van der Waals surface area contributed by atoms with Crippen molar-refractivity contribution in [2.75, 3.05) is 25.1 Å². The molecule has 0 aromatic heterocycles. The van der Waals surface area contributed by atoms with E-state index in [4.69, 9.17) is 16.3 Å². The fourth-order valence-corrected chi connectivity index (χ4v) is 3.51. The van der Waals surface area contributed by atoms with Crippen molar-refractivity contribution in [1.82, 2.24) is 0 Å². The standard InChI is InChI=1S/C16H16ClNO5S/c1-22-14-7-9-15(10-8-14)24(20,21)18(11-16(19)23-2)13-5-3-12(17)4-6-13/h3-10H,11H2,1-2H3. The molecule has 0 heterocycles. The summed E-state index contributed by atoms with van der Waals surface area (Å²) in [4.78, 5) is 11.7. The van der Waals surface area contributed by atoms with Crippen LogP contribution in [-0.4, -0.2) is 35.2 Å². The summed E-state index contributed by atoms with van der Waals surface area (Å²) in [6, 6.07) is 12.0. The van der Waals surface area contributed by atoms with Crippen molar-refractivity contribution < 1.29 is 22.7 Å². The smallest absolute Gasteiger partial charge is 0.326 e. The molecule has 2 aromatic rings. The lowest BCUT2D eigenvalue weighted by Crippen LogP contribution is -2.36. The Balaban J connectivity index is 2.47. The van der Waals surface area contributed by atoms with Gasteiger partial charge in [-0.3, -0.25) is 9.10 Å². The molecule has 24 heavy (non-hydrogen) atoms. The summed E-state index contributed by atoms with van der Waals surface area (Å²) >= 11 is 5.84. The lowest BCUT2D eigenvalue weighted by molar-refractivity contribution is -0.138. The van der Waals surface area contributed by atoms with Crippen LogP contribution in [0.2, 0.25) is 5.02 Å². The second kappa shape index (κ2) is 7.55. The third-order valence-corrected chi connectivity index (χ3v) is 5.30. The minimum Gasteiger partial charge on any atom is -0.497 e. The van der Waals surface area contributed by atoms with E-state index in [9.17, 15) is 13.2 Å². The van der Waals surface area contributed by atoms with Crippen molar-refractivity contribution in [3.63, 3.8) is 0 Å². The Labute approximate surface area is 145 Å². The maximum Gasteiger partial charge on any atom is 0.326 e. The van der Waals surface area contributed by atoms with Crippen molar-refractivity contribution >= 4 is 33.3 Å². The average molecular weight is 370 g/mol. The van der Waals surface area contributed by atoms with Crippen molar-refractivity contribution in [3.8, 4) is 5.75 Å². The molecule has 0 spiro atoms. The molecule has 0 unspecified atom stereocenters. The number of hydrogen-bond donors (Lipinski definition) is 0. The van der Waals surface area contributed by atoms with Crippen LogP contribution in [0.4, 0.5) is 5.69 Å². The van der Waals surface area contributed by atoms with Gasteiger partial charge in [-0.05, 0) is 48.5 Å². The first-order valence-electron chi connectivity index (χ1n) is 6.87. The Bertz CT molecular complexity index is 803. The summed E-state index contributed by atoms with van der Waals surface area (Å²) in [5, 5.41) is 0.457. The lowest BCUT2D eigenvalue weighted by atomic mass is 10.3. The Morgan fingerprint density at radius 3 is 2.12 bits per heavy atom. The largest absolute Gasteiger partial charge is 0.497 e. The van der Waals surface area contributed by atoms with E-state index in [2.05, 4.69) is 4.74 Å². The van der Waals surface area contributed by atoms with E-state index < -0.39 is 22.5 Å². The van der Waals surface area contributed by atoms with Crippen LogP contribution in [0, 0.1) is 0 Å². The van der Waals surface area contributed by atoms with Gasteiger partial charge in [-0.25, -0.2) is 8.42 Å². The van der Waals surface area contributed by atoms with Crippen LogP contribution in [0.25, 0.3) is 0 Å². The minimum atomic E-state index is -3.96. The summed E-state index contributed by atoms with van der Waals surface area (Å²) in [6.45, 7) is -0.452. The van der Waals surface area contributed by atoms with Crippen molar-refractivity contribution in [2.24, 2.45) is 0 Å². The topological polar surface area (TPSA) is 72.9 Å². The monoisotopic (exact) mass is 369 g/mol. The average Bonchev–Trinajstić information content (AvgIpc) is 2.60. The third kappa shape index (κ3) is 3.98. The molecule has 0 aliphatic rings. The van der Waals surface area contributed by atoms with Gasteiger partial charge in [0, 0.05) is 5.02 Å². The number of carbonyl (C=O) groups excluding carboxylic acids is 1. The first kappa shape index (κ1) is 18.1. The van der Waals surface area contributed by atoms with Gasteiger partial charge in [0.05, 0.1) is 24.8 Å². The fourth-order valence-electron chi connectivity index (χ4n) is 1.98. The van der Waals surface area contributed by atoms with Gasteiger partial charge >= 0.3 is 5.97 Å². The summed E-state index contributed by atoms with van der Waals surface area (Å²) in [6.07, 6.45) is 0. The highest BCUT2D eigenvalue weighted by molar-refractivity contribution is 7.92. The van der Waals surface area contributed by atoms with Crippen LogP contribution in [0.15, 0.2) is 53.4 Å². The van der Waals surface area contributed by atoms with Crippen LogP contribution >= 0.6 is 11.6 Å². The molecule has 0 aliphatic heterocycles.